The van der Waals surface area contributed by atoms with Crippen molar-refractivity contribution in [3.05, 3.63) is 28.2 Å². The van der Waals surface area contributed by atoms with Crippen molar-refractivity contribution < 1.29 is 28.1 Å². The second-order valence-electron chi connectivity index (χ2n) is 5.61. The number of amides is 2. The van der Waals surface area contributed by atoms with Crippen LogP contribution in [0.15, 0.2) is 18.2 Å². The van der Waals surface area contributed by atoms with Crippen LogP contribution in [0.3, 0.4) is 0 Å². The van der Waals surface area contributed by atoms with Gasteiger partial charge in [0, 0.05) is 61.1 Å². The van der Waals surface area contributed by atoms with E-state index >= 15 is 0 Å². The molecule has 2 N–H and O–H groups in total. The average Bonchev–Trinajstić information content (AvgIpc) is 2.87. The van der Waals surface area contributed by atoms with E-state index in [1.807, 2.05) is 0 Å². The largest absolute Gasteiger partial charge is 0.368 e. The number of piperazine rings is 1. The third kappa shape index (κ3) is 5.66. The van der Waals surface area contributed by atoms with E-state index in [1.165, 1.54) is 10.6 Å². The summed E-state index contributed by atoms with van der Waals surface area (Å²) in [6.07, 6.45) is -20.9. The fraction of sp³-hybridized carbons (Fsp3) is 0.650. The van der Waals surface area contributed by atoms with E-state index in [2.05, 4.69) is 0 Å². The number of anilines is 1. The first-order valence-corrected chi connectivity index (χ1v) is 8.79. The van der Waals surface area contributed by atoms with E-state index in [9.17, 15) is 4.79 Å². The van der Waals surface area contributed by atoms with Crippen LogP contribution in [0.4, 0.5) is 10.5 Å². The topological polar surface area (TPSA) is 47.6 Å². The summed E-state index contributed by atoms with van der Waals surface area (Å²) >= 11 is 12.3. The first kappa shape index (κ1) is 7.92. The van der Waals surface area contributed by atoms with Crippen molar-refractivity contribution in [1.29, 1.82) is 0 Å². The maximum Gasteiger partial charge on any atom is 0.314 e. The minimum Gasteiger partial charge on any atom is -0.368 e. The highest BCUT2D eigenvalue weighted by molar-refractivity contribution is 6.43. The van der Waals surface area contributed by atoms with Crippen molar-refractivity contribution in [2.45, 2.75) is 37.9 Å². The lowest BCUT2D eigenvalue weighted by Crippen LogP contribution is -2.47. The SMILES string of the molecule is [2H]C([2H])([2H])NC(=O)NC1([2H])C([2H])([2H])C([2H])([2H])C([2H])(C([2H])([2H])C([2H])([2H])N2CCN(c3cccc(Cl)c3Cl)CC2)C([2H])([2H])C1([2H])[2H]. The molecule has 0 unspecified atom stereocenters. The molecule has 1 aliphatic carbocycles. The summed E-state index contributed by atoms with van der Waals surface area (Å²) in [7, 11) is 0. The van der Waals surface area contributed by atoms with E-state index in [-0.39, 0.29) is 36.2 Å². The Balaban J connectivity index is 2.07. The van der Waals surface area contributed by atoms with Crippen LogP contribution in [0, 0.1) is 5.89 Å². The molecule has 150 valence electrons. The summed E-state index contributed by atoms with van der Waals surface area (Å²) in [6, 6.07) is -1.08. The Bertz CT molecular complexity index is 1260. The number of hydrogen-bond donors (Lipinski definition) is 2. The van der Waals surface area contributed by atoms with Gasteiger partial charge in [-0.2, -0.15) is 0 Å². The van der Waals surface area contributed by atoms with Crippen LogP contribution in [0.5, 0.6) is 0 Å². The van der Waals surface area contributed by atoms with E-state index in [4.69, 9.17) is 46.5 Å². The molecular formula is C20H30Cl2N4O. The van der Waals surface area contributed by atoms with Gasteiger partial charge >= 0.3 is 6.03 Å². The molecule has 0 spiro atoms. The molecule has 0 radical (unpaired) electrons. The maximum atomic E-state index is 12.3. The quantitative estimate of drug-likeness (QED) is 0.743. The third-order valence-corrected chi connectivity index (χ3v) is 4.68. The van der Waals surface area contributed by atoms with Crippen molar-refractivity contribution in [2.24, 2.45) is 5.89 Å². The lowest BCUT2D eigenvalue weighted by atomic mass is 9.84. The van der Waals surface area contributed by atoms with Crippen LogP contribution >= 0.6 is 23.2 Å². The predicted molar refractivity (Wildman–Crippen MR) is 113 cm³/mol. The number of nitrogens with zero attached hydrogens (tertiary/aromatic N) is 2. The fourth-order valence-corrected chi connectivity index (χ4v) is 2.93. The lowest BCUT2D eigenvalue weighted by molar-refractivity contribution is 0.206. The highest BCUT2D eigenvalue weighted by Crippen LogP contribution is 2.33. The van der Waals surface area contributed by atoms with Crippen LogP contribution in [0.1, 0.15) is 55.2 Å². The Morgan fingerprint density at radius 2 is 2.04 bits per heavy atom. The molecule has 2 amide bonds. The van der Waals surface area contributed by atoms with Gasteiger partial charge in [-0.15, -0.1) is 0 Å². The molecule has 1 aromatic carbocycles. The second-order valence-corrected chi connectivity index (χ2v) is 6.40. The highest BCUT2D eigenvalue weighted by atomic mass is 35.5. The molecule has 3 rings (SSSR count). The van der Waals surface area contributed by atoms with E-state index in [0.717, 1.165) is 4.90 Å². The first-order chi connectivity index (χ1) is 19.5. The van der Waals surface area contributed by atoms with Crippen LogP contribution < -0.4 is 15.5 Å². The number of halogens is 2. The van der Waals surface area contributed by atoms with Gasteiger partial charge in [0.1, 0.15) is 0 Å². The van der Waals surface area contributed by atoms with Gasteiger partial charge in [-0.05, 0) is 56.4 Å². The van der Waals surface area contributed by atoms with Crippen LogP contribution in [0.2, 0.25) is 10.0 Å². The molecule has 1 aliphatic heterocycles. The molecule has 27 heavy (non-hydrogen) atoms. The molecule has 5 nitrogen and oxygen atoms in total. The van der Waals surface area contributed by atoms with Gasteiger partial charge in [0.25, 0.3) is 0 Å². The number of urea groups is 1. The number of rotatable bonds is 5. The second kappa shape index (κ2) is 9.85. The molecule has 7 heteroatoms. The molecular weight excluding hydrogens is 383 g/mol. The Kier molecular flexibility index (Phi) is 2.89. The molecule has 2 fully saturated rings. The predicted octanol–water partition coefficient (Wildman–Crippen LogP) is 3.99. The lowest BCUT2D eigenvalue weighted by Gasteiger charge is -2.37. The van der Waals surface area contributed by atoms with Crippen molar-refractivity contribution in [1.82, 2.24) is 15.5 Å². The summed E-state index contributed by atoms with van der Waals surface area (Å²) in [6.45, 7) is -7.21. The number of carbonyl (C=O) groups is 1. The smallest absolute Gasteiger partial charge is 0.314 e. The first-order valence-electron chi connectivity index (χ1n) is 16.5. The monoisotopic (exact) mass is 429 g/mol. The Morgan fingerprint density at radius 3 is 2.74 bits per heavy atom. The van der Waals surface area contributed by atoms with Gasteiger partial charge in [-0.1, -0.05) is 29.3 Å². The standard InChI is InChI=1S/C20H30Cl2N4O/c1-23-20(27)24-16-7-5-15(6-8-16)9-10-25-11-13-26(14-12-25)18-4-2-3-17(21)19(18)22/h2-4,15-16H,5-14H2,1H3,(H2,23,24,27)/i1D3,5D2,6D2,7D2,8D2,9D2,10D2,15D,16D. The molecule has 1 aromatic rings. The van der Waals surface area contributed by atoms with Gasteiger partial charge in [0.15, 0.2) is 0 Å². The minimum absolute atomic E-state index is 0.0143. The summed E-state index contributed by atoms with van der Waals surface area (Å²) in [5.41, 5.74) is 0.488. The fourth-order valence-electron chi connectivity index (χ4n) is 2.51. The Labute approximate surface area is 196 Å². The van der Waals surface area contributed by atoms with E-state index in [0.29, 0.717) is 5.69 Å². The van der Waals surface area contributed by atoms with E-state index in [1.54, 1.807) is 23.1 Å². The maximum absolute atomic E-state index is 12.3. The molecule has 1 saturated carbocycles. The van der Waals surface area contributed by atoms with Crippen molar-refractivity contribution in [3.8, 4) is 0 Å². The molecule has 1 saturated heterocycles. The molecule has 2 aliphatic rings. The summed E-state index contributed by atoms with van der Waals surface area (Å²) in [5.74, 6) is -4.27. The molecule has 0 bridgehead atoms. The highest BCUT2D eigenvalue weighted by Gasteiger charge is 2.24. The van der Waals surface area contributed by atoms with Crippen molar-refractivity contribution >= 4 is 34.9 Å². The normalized spacial score (nSPS) is 47.6. The Hall–Kier alpha value is -1.17. The summed E-state index contributed by atoms with van der Waals surface area (Å²) in [5, 5.41) is 3.11. The number of carbonyl (C=O) groups excluding carboxylic acids is 1. The van der Waals surface area contributed by atoms with Crippen LogP contribution in [-0.4, -0.2) is 56.6 Å². The average molecular weight is 430 g/mol. The number of benzene rings is 1. The van der Waals surface area contributed by atoms with Gasteiger partial charge in [0.2, 0.25) is 0 Å². The number of nitrogens with one attached hydrogen (secondary N) is 2. The molecule has 0 aromatic heterocycles. The van der Waals surface area contributed by atoms with Gasteiger partial charge < -0.3 is 15.5 Å². The van der Waals surface area contributed by atoms with Gasteiger partial charge in [-0.3, -0.25) is 4.90 Å². The third-order valence-electron chi connectivity index (χ3n) is 3.87. The van der Waals surface area contributed by atoms with Gasteiger partial charge in [-0.25, -0.2) is 4.79 Å². The van der Waals surface area contributed by atoms with Crippen molar-refractivity contribution in [2.75, 3.05) is 44.6 Å². The van der Waals surface area contributed by atoms with Crippen LogP contribution in [0.25, 0.3) is 0 Å². The minimum atomic E-state index is -4.27. The zero-order chi connectivity index (χ0) is 34.3. The van der Waals surface area contributed by atoms with E-state index < -0.39 is 63.3 Å². The zero-order valence-electron chi connectivity index (χ0n) is 31.1. The van der Waals surface area contributed by atoms with Crippen LogP contribution in [-0.2, 0) is 0 Å². The zero-order valence-corrected chi connectivity index (χ0v) is 15.6. The van der Waals surface area contributed by atoms with Gasteiger partial charge in [0.05, 0.1) is 17.1 Å². The molecule has 1 heterocycles. The van der Waals surface area contributed by atoms with Crippen molar-refractivity contribution in [3.63, 3.8) is 0 Å². The Morgan fingerprint density at radius 1 is 1.30 bits per heavy atom. The molecule has 0 atom stereocenters. The number of hydrogen-bond acceptors (Lipinski definition) is 3. The summed E-state index contributed by atoms with van der Waals surface area (Å²) in [4.78, 5) is 14.9. The summed E-state index contributed by atoms with van der Waals surface area (Å²) < 4.78 is 142.